The van der Waals surface area contributed by atoms with E-state index < -0.39 is 30.2 Å². The maximum absolute atomic E-state index is 12.9. The van der Waals surface area contributed by atoms with Crippen LogP contribution in [-0.2, 0) is 9.47 Å². The molecule has 0 bridgehead atoms. The minimum absolute atomic E-state index is 0.139. The van der Waals surface area contributed by atoms with Crippen molar-refractivity contribution in [2.75, 3.05) is 6.67 Å². The van der Waals surface area contributed by atoms with Crippen molar-refractivity contribution >= 4 is 12.4 Å². The Morgan fingerprint density at radius 3 is 2.25 bits per heavy atom. The van der Waals surface area contributed by atoms with Crippen LogP contribution < -0.4 is 5.32 Å². The number of amides is 1. The fourth-order valence-corrected chi connectivity index (χ4v) is 2.12. The molecule has 1 N–H and O–H groups in total. The Hall–Kier alpha value is -1.95. The zero-order valence-electron chi connectivity index (χ0n) is 14.9. The van der Waals surface area contributed by atoms with Crippen molar-refractivity contribution in [3.05, 3.63) is 35.4 Å². The molecule has 0 spiro atoms. The molecule has 0 heterocycles. The molecule has 134 valence electrons. The van der Waals surface area contributed by atoms with Crippen molar-refractivity contribution in [1.82, 2.24) is 5.32 Å². The summed E-state index contributed by atoms with van der Waals surface area (Å²) in [4.78, 5) is 22.6. The van der Waals surface area contributed by atoms with Gasteiger partial charge < -0.3 is 9.47 Å². The number of ether oxygens (including phenoxy) is 2. The molecule has 5 nitrogen and oxygen atoms in total. The molecule has 0 fully saturated rings. The van der Waals surface area contributed by atoms with Gasteiger partial charge in [0.1, 0.15) is 17.6 Å². The van der Waals surface area contributed by atoms with Gasteiger partial charge in [-0.05, 0) is 40.2 Å². The quantitative estimate of drug-likeness (QED) is 0.598. The molecular formula is C18H26FNO4. The van der Waals surface area contributed by atoms with Crippen LogP contribution in [0.1, 0.15) is 63.1 Å². The van der Waals surface area contributed by atoms with Gasteiger partial charge in [0.05, 0.1) is 12.8 Å². The Bertz CT molecular complexity index is 549. The summed E-state index contributed by atoms with van der Waals surface area (Å²) in [5, 5.41) is 2.63. The van der Waals surface area contributed by atoms with Crippen LogP contribution in [0.3, 0.4) is 0 Å². The molecule has 0 aliphatic heterocycles. The van der Waals surface area contributed by atoms with Gasteiger partial charge in [0.15, 0.2) is 0 Å². The minimum Gasteiger partial charge on any atom is -0.444 e. The Morgan fingerprint density at radius 1 is 1.21 bits per heavy atom. The molecule has 1 aromatic carbocycles. The summed E-state index contributed by atoms with van der Waals surface area (Å²) in [6.07, 6.45) is -0.286. The van der Waals surface area contributed by atoms with E-state index in [9.17, 15) is 14.0 Å². The molecule has 1 atom stereocenters. The van der Waals surface area contributed by atoms with Gasteiger partial charge >= 0.3 is 6.09 Å². The van der Waals surface area contributed by atoms with Crippen LogP contribution in [-0.4, -0.2) is 30.4 Å². The normalized spacial score (nSPS) is 13.2. The summed E-state index contributed by atoms with van der Waals surface area (Å²) in [6, 6.07) is 6.72. The number of alkyl halides is 1. The van der Waals surface area contributed by atoms with Gasteiger partial charge in [0.2, 0.25) is 0 Å². The van der Waals surface area contributed by atoms with Crippen molar-refractivity contribution in [2.45, 2.75) is 58.5 Å². The lowest BCUT2D eigenvalue weighted by Crippen LogP contribution is -2.48. The monoisotopic (exact) mass is 339 g/mol. The fourth-order valence-electron chi connectivity index (χ4n) is 2.12. The number of aldehydes is 1. The molecule has 1 unspecified atom stereocenters. The molecule has 6 heteroatoms. The molecule has 0 saturated heterocycles. The largest absolute Gasteiger partial charge is 0.444 e. The lowest BCUT2D eigenvalue weighted by atomic mass is 10.0. The van der Waals surface area contributed by atoms with Crippen molar-refractivity contribution < 1.29 is 23.5 Å². The number of rotatable bonds is 7. The number of alkyl carbamates (subject to hydrolysis) is 1. The van der Waals surface area contributed by atoms with Gasteiger partial charge in [-0.25, -0.2) is 4.79 Å². The second-order valence-corrected chi connectivity index (χ2v) is 7.01. The van der Waals surface area contributed by atoms with Crippen LogP contribution in [0.15, 0.2) is 24.3 Å². The minimum atomic E-state index is -1.05. The number of hydrogen-bond donors (Lipinski definition) is 1. The number of carbonyl (C=O) groups excluding carboxylic acids is 2. The van der Waals surface area contributed by atoms with Crippen LogP contribution in [0.4, 0.5) is 9.18 Å². The third-order valence-electron chi connectivity index (χ3n) is 3.05. The van der Waals surface area contributed by atoms with Gasteiger partial charge in [0, 0.05) is 12.0 Å². The molecule has 1 rings (SSSR count). The Kier molecular flexibility index (Phi) is 6.90. The predicted molar refractivity (Wildman–Crippen MR) is 89.7 cm³/mol. The first-order valence-electron chi connectivity index (χ1n) is 7.86. The number of nitrogens with one attached hydrogen (secondary N) is 1. The highest BCUT2D eigenvalue weighted by Gasteiger charge is 2.28. The summed E-state index contributed by atoms with van der Waals surface area (Å²) in [6.45, 7) is 8.06. The average Bonchev–Trinajstić information content (AvgIpc) is 2.44. The summed E-state index contributed by atoms with van der Waals surface area (Å²) in [7, 11) is 0. The molecule has 0 aliphatic rings. The first-order chi connectivity index (χ1) is 11.1. The lowest BCUT2D eigenvalue weighted by Gasteiger charge is -2.32. The Morgan fingerprint density at radius 2 is 1.79 bits per heavy atom. The van der Waals surface area contributed by atoms with Gasteiger partial charge in [0.25, 0.3) is 0 Å². The Balaban J connectivity index is 2.81. The molecule has 0 aliphatic carbocycles. The SMILES string of the molecule is CC(C)(C)OC(=O)NC(C)(C)OC(CCF)c1ccc(C=O)cc1. The van der Waals surface area contributed by atoms with Gasteiger partial charge in [-0.3, -0.25) is 14.5 Å². The number of benzene rings is 1. The summed E-state index contributed by atoms with van der Waals surface area (Å²) in [5.74, 6) is 0. The predicted octanol–water partition coefficient (Wildman–Crippen LogP) is 4.18. The maximum atomic E-state index is 12.9. The first kappa shape index (κ1) is 20.1. The zero-order valence-corrected chi connectivity index (χ0v) is 14.9. The third kappa shape index (κ3) is 7.08. The molecular weight excluding hydrogens is 313 g/mol. The zero-order chi connectivity index (χ0) is 18.4. The summed E-state index contributed by atoms with van der Waals surface area (Å²) >= 11 is 0. The van der Waals surface area contributed by atoms with Crippen LogP contribution >= 0.6 is 0 Å². The van der Waals surface area contributed by atoms with E-state index in [0.717, 1.165) is 11.8 Å². The first-order valence-corrected chi connectivity index (χ1v) is 7.86. The van der Waals surface area contributed by atoms with Crippen molar-refractivity contribution in [1.29, 1.82) is 0 Å². The lowest BCUT2D eigenvalue weighted by molar-refractivity contribution is -0.0979. The molecule has 0 aromatic heterocycles. The molecule has 1 amide bonds. The van der Waals surface area contributed by atoms with Crippen LogP contribution in [0.2, 0.25) is 0 Å². The van der Waals surface area contributed by atoms with E-state index >= 15 is 0 Å². The summed E-state index contributed by atoms with van der Waals surface area (Å²) < 4.78 is 24.0. The van der Waals surface area contributed by atoms with Crippen LogP contribution in [0, 0.1) is 0 Å². The van der Waals surface area contributed by atoms with E-state index in [1.165, 1.54) is 0 Å². The highest BCUT2D eigenvalue weighted by Crippen LogP contribution is 2.26. The van der Waals surface area contributed by atoms with Crippen molar-refractivity contribution in [2.24, 2.45) is 0 Å². The van der Waals surface area contributed by atoms with Crippen LogP contribution in [0.5, 0.6) is 0 Å². The van der Waals surface area contributed by atoms with E-state index in [1.807, 2.05) is 0 Å². The highest BCUT2D eigenvalue weighted by molar-refractivity contribution is 5.74. The fraction of sp³-hybridized carbons (Fsp3) is 0.556. The van der Waals surface area contributed by atoms with E-state index in [-0.39, 0.29) is 6.42 Å². The number of halogens is 1. The van der Waals surface area contributed by atoms with E-state index in [0.29, 0.717) is 5.56 Å². The van der Waals surface area contributed by atoms with E-state index in [2.05, 4.69) is 5.32 Å². The standard InChI is InChI=1S/C18H26FNO4/c1-17(2,3)24-16(22)20-18(4,5)23-15(10-11-19)14-8-6-13(12-21)7-9-14/h6-9,12,15H,10-11H2,1-5H3,(H,20,22). The Labute approximate surface area is 142 Å². The highest BCUT2D eigenvalue weighted by atomic mass is 19.1. The van der Waals surface area contributed by atoms with Gasteiger partial charge in [-0.15, -0.1) is 0 Å². The van der Waals surface area contributed by atoms with Crippen molar-refractivity contribution in [3.8, 4) is 0 Å². The molecule has 24 heavy (non-hydrogen) atoms. The smallest absolute Gasteiger partial charge is 0.409 e. The average molecular weight is 339 g/mol. The maximum Gasteiger partial charge on any atom is 0.409 e. The van der Waals surface area contributed by atoms with E-state index in [1.54, 1.807) is 58.9 Å². The molecule has 1 aromatic rings. The molecule has 0 radical (unpaired) electrons. The molecule has 0 saturated carbocycles. The third-order valence-corrected chi connectivity index (χ3v) is 3.05. The van der Waals surface area contributed by atoms with Gasteiger partial charge in [-0.2, -0.15) is 0 Å². The number of carbonyl (C=O) groups is 2. The topological polar surface area (TPSA) is 64.6 Å². The van der Waals surface area contributed by atoms with Crippen LogP contribution in [0.25, 0.3) is 0 Å². The van der Waals surface area contributed by atoms with E-state index in [4.69, 9.17) is 9.47 Å². The van der Waals surface area contributed by atoms with Crippen molar-refractivity contribution in [3.63, 3.8) is 0 Å². The summed E-state index contributed by atoms with van der Waals surface area (Å²) in [5.41, 5.74) is -0.407. The van der Waals surface area contributed by atoms with Gasteiger partial charge in [-0.1, -0.05) is 24.3 Å². The second kappa shape index (κ2) is 8.24. The second-order valence-electron chi connectivity index (χ2n) is 7.01. The number of hydrogen-bond acceptors (Lipinski definition) is 4.